The fourth-order valence-corrected chi connectivity index (χ4v) is 5.31. The van der Waals surface area contributed by atoms with E-state index < -0.39 is 12.1 Å². The number of hydrogen-bond donors (Lipinski definition) is 1. The molecule has 0 bridgehead atoms. The predicted octanol–water partition coefficient (Wildman–Crippen LogP) is 5.10. The lowest BCUT2D eigenvalue weighted by Gasteiger charge is -2.19. The molecule has 6 nitrogen and oxygen atoms in total. The summed E-state index contributed by atoms with van der Waals surface area (Å²) >= 11 is 0. The molecule has 1 aliphatic heterocycles. The zero-order valence-corrected chi connectivity index (χ0v) is 18.3. The lowest BCUT2D eigenvalue weighted by atomic mass is 10.3. The molecule has 1 N–H and O–H groups in total. The van der Waals surface area contributed by atoms with Crippen molar-refractivity contribution in [3.05, 3.63) is 84.9 Å². The number of fused-ring (bicyclic) bond motifs is 2. The summed E-state index contributed by atoms with van der Waals surface area (Å²) in [7, 11) is -0.330. The van der Waals surface area contributed by atoms with Crippen molar-refractivity contribution in [3.8, 4) is 17.2 Å². The van der Waals surface area contributed by atoms with Gasteiger partial charge in [-0.05, 0) is 55.5 Å². The zero-order chi connectivity index (χ0) is 22.5. The van der Waals surface area contributed by atoms with Gasteiger partial charge in [-0.25, -0.2) is 9.59 Å². The van der Waals surface area contributed by atoms with Crippen LogP contribution in [0.25, 0.3) is 0 Å². The summed E-state index contributed by atoms with van der Waals surface area (Å²) in [5, 5.41) is 2.55. The molecule has 0 fully saturated rings. The second-order valence-corrected chi connectivity index (χ2v) is 8.97. The van der Waals surface area contributed by atoms with Crippen molar-refractivity contribution < 1.29 is 23.8 Å². The van der Waals surface area contributed by atoms with Crippen LogP contribution in [0.15, 0.2) is 99.6 Å². The topological polar surface area (TPSA) is 73.9 Å². The van der Waals surface area contributed by atoms with E-state index in [2.05, 4.69) is 24.0 Å². The average molecular weight is 449 g/mol. The van der Waals surface area contributed by atoms with Gasteiger partial charge in [0, 0.05) is 5.57 Å². The Morgan fingerprint density at radius 2 is 1.53 bits per heavy atom. The van der Waals surface area contributed by atoms with Crippen LogP contribution in [-0.4, -0.2) is 25.2 Å². The molecular formula is C25H22NO5S+. The minimum atomic E-state index is -0.617. The smallest absolute Gasteiger partial charge is 0.412 e. The number of rotatable bonds is 6. The Kier molecular flexibility index (Phi) is 6.47. The fourth-order valence-electron chi connectivity index (χ4n) is 3.10. The van der Waals surface area contributed by atoms with Gasteiger partial charge in [0.15, 0.2) is 16.4 Å². The van der Waals surface area contributed by atoms with E-state index >= 15 is 0 Å². The second kappa shape index (κ2) is 9.62. The lowest BCUT2D eigenvalue weighted by molar-refractivity contribution is -0.138. The highest BCUT2D eigenvalue weighted by molar-refractivity contribution is 7.97. The molecule has 0 aliphatic carbocycles. The van der Waals surface area contributed by atoms with Gasteiger partial charge in [0.25, 0.3) is 0 Å². The molecule has 1 aliphatic rings. The number of amides is 1. The molecule has 32 heavy (non-hydrogen) atoms. The van der Waals surface area contributed by atoms with E-state index in [4.69, 9.17) is 14.2 Å². The highest BCUT2D eigenvalue weighted by Crippen LogP contribution is 2.46. The number of benzene rings is 3. The molecule has 0 saturated heterocycles. The lowest BCUT2D eigenvalue weighted by Crippen LogP contribution is -2.30. The standard InChI is InChI=1S/C25H21NO5S/c1-17(2)24(27)29-16-15-26-25(28)30-18-11-13-19(14-12-18)32-22-9-5-3-7-20(22)31-21-8-4-6-10-23(21)32/h3-14H,1,15-16H2,2H3/p+1. The number of nitrogens with one attached hydrogen (secondary N) is 1. The summed E-state index contributed by atoms with van der Waals surface area (Å²) < 4.78 is 16.3. The Morgan fingerprint density at radius 3 is 2.12 bits per heavy atom. The van der Waals surface area contributed by atoms with Gasteiger partial charge in [-0.15, -0.1) is 0 Å². The third kappa shape index (κ3) is 4.78. The van der Waals surface area contributed by atoms with Gasteiger partial charge >= 0.3 is 12.1 Å². The first kappa shape index (κ1) is 21.5. The van der Waals surface area contributed by atoms with E-state index in [1.165, 1.54) is 0 Å². The van der Waals surface area contributed by atoms with Gasteiger partial charge in [0.1, 0.15) is 23.3 Å². The van der Waals surface area contributed by atoms with Crippen molar-refractivity contribution >= 4 is 23.0 Å². The van der Waals surface area contributed by atoms with Crippen LogP contribution in [0.4, 0.5) is 4.79 Å². The van der Waals surface area contributed by atoms with Crippen LogP contribution in [0.3, 0.4) is 0 Å². The monoisotopic (exact) mass is 448 g/mol. The predicted molar refractivity (Wildman–Crippen MR) is 121 cm³/mol. The number of esters is 1. The van der Waals surface area contributed by atoms with Crippen LogP contribution in [-0.2, 0) is 20.4 Å². The number of carbonyl (C=O) groups excluding carboxylic acids is 2. The number of carbonyl (C=O) groups is 2. The van der Waals surface area contributed by atoms with Gasteiger partial charge in [0.2, 0.25) is 9.79 Å². The number of hydrogen-bond acceptors (Lipinski definition) is 5. The number of ether oxygens (including phenoxy) is 3. The fraction of sp³-hybridized carbons (Fsp3) is 0.120. The van der Waals surface area contributed by atoms with Crippen molar-refractivity contribution in [2.45, 2.75) is 21.6 Å². The molecule has 3 aromatic rings. The van der Waals surface area contributed by atoms with E-state index in [9.17, 15) is 9.59 Å². The van der Waals surface area contributed by atoms with Crippen molar-refractivity contribution in [1.82, 2.24) is 5.32 Å². The van der Waals surface area contributed by atoms with Gasteiger partial charge in [-0.2, -0.15) is 0 Å². The SMILES string of the molecule is C=C(C)C(=O)OCCNC(=O)Oc1ccc([S+]2c3ccccc3Oc3ccccc32)cc1. The maximum Gasteiger partial charge on any atom is 0.412 e. The molecule has 1 heterocycles. The summed E-state index contributed by atoms with van der Waals surface area (Å²) in [6, 6.07) is 23.5. The largest absolute Gasteiger partial charge is 0.460 e. The normalized spacial score (nSPS) is 12.0. The minimum Gasteiger partial charge on any atom is -0.460 e. The first-order valence-corrected chi connectivity index (χ1v) is 11.2. The first-order chi connectivity index (χ1) is 15.5. The van der Waals surface area contributed by atoms with Crippen molar-refractivity contribution in [2.24, 2.45) is 0 Å². The van der Waals surface area contributed by atoms with Gasteiger partial charge in [-0.1, -0.05) is 30.8 Å². The van der Waals surface area contributed by atoms with E-state index in [-0.39, 0.29) is 24.0 Å². The Labute approximate surface area is 189 Å². The molecular weight excluding hydrogens is 426 g/mol. The third-order valence-electron chi connectivity index (χ3n) is 4.58. The number of para-hydroxylation sites is 2. The molecule has 162 valence electrons. The van der Waals surface area contributed by atoms with E-state index in [1.54, 1.807) is 19.1 Å². The van der Waals surface area contributed by atoms with Gasteiger partial charge in [-0.3, -0.25) is 0 Å². The maximum absolute atomic E-state index is 12.0. The van der Waals surface area contributed by atoms with Crippen LogP contribution < -0.4 is 14.8 Å². The molecule has 0 aromatic heterocycles. The summed E-state index contributed by atoms with van der Waals surface area (Å²) in [6.07, 6.45) is -0.617. The maximum atomic E-state index is 12.0. The van der Waals surface area contributed by atoms with Crippen LogP contribution in [0.1, 0.15) is 6.92 Å². The van der Waals surface area contributed by atoms with E-state index in [1.807, 2.05) is 48.5 Å². The minimum absolute atomic E-state index is 0.0451. The highest BCUT2D eigenvalue weighted by atomic mass is 32.2. The Balaban J connectivity index is 1.43. The van der Waals surface area contributed by atoms with Gasteiger partial charge in [0.05, 0.1) is 6.54 Å². The van der Waals surface area contributed by atoms with Crippen LogP contribution in [0.2, 0.25) is 0 Å². The van der Waals surface area contributed by atoms with Crippen molar-refractivity contribution in [3.63, 3.8) is 0 Å². The third-order valence-corrected chi connectivity index (χ3v) is 6.88. The Bertz CT molecular complexity index is 1110. The molecule has 0 atom stereocenters. The summed E-state index contributed by atoms with van der Waals surface area (Å²) in [5.74, 6) is 1.62. The van der Waals surface area contributed by atoms with Crippen LogP contribution in [0, 0.1) is 0 Å². The molecule has 0 unspecified atom stereocenters. The quantitative estimate of drug-likeness (QED) is 0.192. The van der Waals surface area contributed by atoms with Crippen LogP contribution >= 0.6 is 0 Å². The van der Waals surface area contributed by atoms with Crippen molar-refractivity contribution in [1.29, 1.82) is 0 Å². The Hall–Kier alpha value is -3.71. The molecule has 3 aromatic carbocycles. The van der Waals surface area contributed by atoms with E-state index in [0.717, 1.165) is 26.2 Å². The average Bonchev–Trinajstić information content (AvgIpc) is 2.80. The summed E-state index contributed by atoms with van der Waals surface area (Å²) in [4.78, 5) is 26.6. The molecule has 4 rings (SSSR count). The molecule has 0 spiro atoms. The zero-order valence-electron chi connectivity index (χ0n) is 17.5. The summed E-state index contributed by atoms with van der Waals surface area (Å²) in [5.41, 5.74) is 0.308. The second-order valence-electron chi connectivity index (χ2n) is 7.01. The Morgan fingerprint density at radius 1 is 0.938 bits per heavy atom. The van der Waals surface area contributed by atoms with Crippen molar-refractivity contribution in [2.75, 3.05) is 13.2 Å². The summed E-state index contributed by atoms with van der Waals surface area (Å²) in [6.45, 7) is 5.25. The van der Waals surface area contributed by atoms with E-state index in [0.29, 0.717) is 11.3 Å². The molecule has 0 radical (unpaired) electrons. The molecule has 0 saturated carbocycles. The molecule has 1 amide bonds. The highest BCUT2D eigenvalue weighted by Gasteiger charge is 2.38. The van der Waals surface area contributed by atoms with Crippen LogP contribution in [0.5, 0.6) is 17.2 Å². The first-order valence-electron chi connectivity index (χ1n) is 10.0. The van der Waals surface area contributed by atoms with Gasteiger partial charge < -0.3 is 19.5 Å². The molecule has 7 heteroatoms.